The standard InChI is InChI=1S/C31H44O9/c1-18(2)13-26(34)39-19(3)27(35)40-21-5-10-29(17-32)23-6-9-28(4)22(20-14-25(33)38-16-20)8-12-31(28,37)24(23)7-11-30(29,36)15-21/h14,17-19,21-24,36-37H,5-13,15-16H2,1-4H3/t19?,21-,22+,23?,24?,28+,29-,30-,31-/m0/s1. The number of rotatable bonds is 7. The summed E-state index contributed by atoms with van der Waals surface area (Å²) in [7, 11) is 0. The van der Waals surface area contributed by atoms with E-state index in [2.05, 4.69) is 6.92 Å². The lowest BCUT2D eigenvalue weighted by Gasteiger charge is -2.65. The van der Waals surface area contributed by atoms with Crippen molar-refractivity contribution in [2.45, 2.75) is 115 Å². The Bertz CT molecular complexity index is 1100. The zero-order valence-corrected chi connectivity index (χ0v) is 24.1. The molecule has 0 aromatic heterocycles. The maximum atomic E-state index is 12.9. The van der Waals surface area contributed by atoms with Gasteiger partial charge in [0.2, 0.25) is 0 Å². The van der Waals surface area contributed by atoms with Crippen LogP contribution in [0.3, 0.4) is 0 Å². The number of ether oxygens (including phenoxy) is 3. The van der Waals surface area contributed by atoms with Crippen molar-refractivity contribution >= 4 is 24.2 Å². The van der Waals surface area contributed by atoms with Crippen LogP contribution in [0.25, 0.3) is 0 Å². The molecule has 0 aromatic carbocycles. The number of fused-ring (bicyclic) bond motifs is 5. The lowest BCUT2D eigenvalue weighted by Crippen LogP contribution is -2.69. The Hall–Kier alpha value is -2.26. The minimum Gasteiger partial charge on any atom is -0.460 e. The van der Waals surface area contributed by atoms with Crippen LogP contribution in [0.5, 0.6) is 0 Å². The molecule has 9 heteroatoms. The molecule has 0 amide bonds. The average molecular weight is 561 g/mol. The highest BCUT2D eigenvalue weighted by Crippen LogP contribution is 2.70. The third kappa shape index (κ3) is 4.42. The smallest absolute Gasteiger partial charge is 0.347 e. The van der Waals surface area contributed by atoms with E-state index in [9.17, 15) is 29.4 Å². The van der Waals surface area contributed by atoms with Gasteiger partial charge in [-0.2, -0.15) is 0 Å². The lowest BCUT2D eigenvalue weighted by atomic mass is 9.41. The molecule has 222 valence electrons. The van der Waals surface area contributed by atoms with E-state index in [1.165, 1.54) is 6.92 Å². The summed E-state index contributed by atoms with van der Waals surface area (Å²) in [6.45, 7) is 7.65. The molecule has 1 aliphatic heterocycles. The van der Waals surface area contributed by atoms with E-state index in [0.29, 0.717) is 44.9 Å². The molecule has 4 fully saturated rings. The number of carbonyl (C=O) groups excluding carboxylic acids is 4. The fraction of sp³-hybridized carbons (Fsp3) is 0.806. The molecule has 0 bridgehead atoms. The Kier molecular flexibility index (Phi) is 7.48. The zero-order valence-electron chi connectivity index (χ0n) is 24.1. The van der Waals surface area contributed by atoms with Crippen molar-refractivity contribution < 1.29 is 43.6 Å². The van der Waals surface area contributed by atoms with Gasteiger partial charge in [-0.15, -0.1) is 0 Å². The summed E-state index contributed by atoms with van der Waals surface area (Å²) < 4.78 is 16.1. The van der Waals surface area contributed by atoms with Gasteiger partial charge in [-0.05, 0) is 87.5 Å². The minimum absolute atomic E-state index is 0.0460. The number of carbonyl (C=O) groups is 4. The van der Waals surface area contributed by atoms with Crippen LogP contribution < -0.4 is 0 Å². The highest BCUT2D eigenvalue weighted by molar-refractivity contribution is 5.85. The molecule has 1 heterocycles. The van der Waals surface area contributed by atoms with Gasteiger partial charge in [0.05, 0.1) is 16.6 Å². The molecule has 0 aromatic rings. The van der Waals surface area contributed by atoms with Gasteiger partial charge in [0.25, 0.3) is 0 Å². The molecule has 4 aliphatic carbocycles. The van der Waals surface area contributed by atoms with Gasteiger partial charge in [-0.3, -0.25) is 4.79 Å². The van der Waals surface area contributed by atoms with Crippen molar-refractivity contribution in [2.24, 2.45) is 34.5 Å². The molecule has 9 atom stereocenters. The summed E-state index contributed by atoms with van der Waals surface area (Å²) in [5, 5.41) is 24.4. The van der Waals surface area contributed by atoms with Gasteiger partial charge in [-0.1, -0.05) is 20.8 Å². The van der Waals surface area contributed by atoms with E-state index in [4.69, 9.17) is 14.2 Å². The van der Waals surface area contributed by atoms with Crippen LogP contribution in [0.2, 0.25) is 0 Å². The van der Waals surface area contributed by atoms with Gasteiger partial charge in [-0.25, -0.2) is 9.59 Å². The number of aliphatic hydroxyl groups is 2. The Labute approximate surface area is 236 Å². The maximum Gasteiger partial charge on any atom is 0.347 e. The number of hydrogen-bond acceptors (Lipinski definition) is 9. The Balaban J connectivity index is 1.31. The topological polar surface area (TPSA) is 136 Å². The molecule has 9 nitrogen and oxygen atoms in total. The van der Waals surface area contributed by atoms with Crippen molar-refractivity contribution in [2.75, 3.05) is 6.61 Å². The summed E-state index contributed by atoms with van der Waals surface area (Å²) in [5.74, 6) is -1.63. The van der Waals surface area contributed by atoms with E-state index >= 15 is 0 Å². The van der Waals surface area contributed by atoms with Gasteiger partial charge in [0.1, 0.15) is 19.0 Å². The molecular weight excluding hydrogens is 516 g/mol. The van der Waals surface area contributed by atoms with E-state index in [1.54, 1.807) is 6.08 Å². The highest BCUT2D eigenvalue weighted by atomic mass is 16.6. The maximum absolute atomic E-state index is 12.9. The average Bonchev–Trinajstić information content (AvgIpc) is 3.42. The van der Waals surface area contributed by atoms with Gasteiger partial charge < -0.3 is 29.2 Å². The second-order valence-electron chi connectivity index (χ2n) is 13.8. The molecular formula is C31H44O9. The monoisotopic (exact) mass is 560 g/mol. The molecule has 5 aliphatic rings. The Morgan fingerprint density at radius 2 is 1.80 bits per heavy atom. The predicted molar refractivity (Wildman–Crippen MR) is 142 cm³/mol. The van der Waals surface area contributed by atoms with Crippen molar-refractivity contribution in [1.82, 2.24) is 0 Å². The molecule has 3 unspecified atom stereocenters. The molecule has 5 rings (SSSR count). The fourth-order valence-electron chi connectivity index (χ4n) is 9.30. The number of aldehydes is 1. The van der Waals surface area contributed by atoms with Crippen LogP contribution in [-0.2, 0) is 33.4 Å². The fourth-order valence-corrected chi connectivity index (χ4v) is 9.30. The number of hydrogen-bond donors (Lipinski definition) is 2. The van der Waals surface area contributed by atoms with Gasteiger partial charge in [0, 0.05) is 24.3 Å². The van der Waals surface area contributed by atoms with Crippen molar-refractivity contribution in [3.05, 3.63) is 11.6 Å². The molecule has 40 heavy (non-hydrogen) atoms. The second-order valence-corrected chi connectivity index (χ2v) is 13.8. The minimum atomic E-state index is -1.35. The van der Waals surface area contributed by atoms with Crippen LogP contribution in [0.4, 0.5) is 0 Å². The number of cyclic esters (lactones) is 1. The third-order valence-electron chi connectivity index (χ3n) is 11.3. The first kappa shape index (κ1) is 29.2. The Morgan fingerprint density at radius 1 is 1.07 bits per heavy atom. The summed E-state index contributed by atoms with van der Waals surface area (Å²) in [6.07, 6.45) is 5.58. The Morgan fingerprint density at radius 3 is 2.45 bits per heavy atom. The van der Waals surface area contributed by atoms with Crippen LogP contribution in [-0.4, -0.2) is 64.4 Å². The van der Waals surface area contributed by atoms with Crippen LogP contribution in [0, 0.1) is 34.5 Å². The summed E-state index contributed by atoms with van der Waals surface area (Å²) in [6, 6.07) is 0. The molecule has 0 radical (unpaired) electrons. The van der Waals surface area contributed by atoms with Gasteiger partial charge in [0.15, 0.2) is 6.10 Å². The SMILES string of the molecule is CC(C)CC(=O)OC(C)C(=O)O[C@H]1CC[C@]2(C=O)C3CC[C@]4(C)[C@@H](C5=CC(=O)OC5)CC[C@]4(O)C3CC[C@]2(O)C1. The van der Waals surface area contributed by atoms with E-state index in [-0.39, 0.29) is 49.1 Å². The highest BCUT2D eigenvalue weighted by Gasteiger charge is 2.71. The molecule has 2 N–H and O–H groups in total. The first-order valence-corrected chi connectivity index (χ1v) is 15.0. The molecule has 0 spiro atoms. The molecule has 0 saturated heterocycles. The summed E-state index contributed by atoms with van der Waals surface area (Å²) >= 11 is 0. The molecule has 4 saturated carbocycles. The van der Waals surface area contributed by atoms with Gasteiger partial charge >= 0.3 is 17.9 Å². The van der Waals surface area contributed by atoms with Crippen molar-refractivity contribution in [1.29, 1.82) is 0 Å². The van der Waals surface area contributed by atoms with E-state index < -0.39 is 46.2 Å². The first-order valence-electron chi connectivity index (χ1n) is 15.0. The van der Waals surface area contributed by atoms with Crippen molar-refractivity contribution in [3.8, 4) is 0 Å². The largest absolute Gasteiger partial charge is 0.460 e. The summed E-state index contributed by atoms with van der Waals surface area (Å²) in [5.41, 5.74) is -2.89. The second kappa shape index (κ2) is 10.2. The normalized spacial score (nSPS) is 43.1. The lowest BCUT2D eigenvalue weighted by molar-refractivity contribution is -0.250. The predicted octanol–water partition coefficient (Wildman–Crippen LogP) is 3.43. The van der Waals surface area contributed by atoms with E-state index in [0.717, 1.165) is 18.3 Å². The van der Waals surface area contributed by atoms with E-state index in [1.807, 2.05) is 13.8 Å². The zero-order chi connectivity index (χ0) is 29.1. The summed E-state index contributed by atoms with van der Waals surface area (Å²) in [4.78, 5) is 49.4. The third-order valence-corrected chi connectivity index (χ3v) is 11.3. The quantitative estimate of drug-likeness (QED) is 0.273. The van der Waals surface area contributed by atoms with Crippen LogP contribution >= 0.6 is 0 Å². The van der Waals surface area contributed by atoms with Crippen molar-refractivity contribution in [3.63, 3.8) is 0 Å². The first-order chi connectivity index (χ1) is 18.8. The van der Waals surface area contributed by atoms with Crippen LogP contribution in [0.1, 0.15) is 91.9 Å². The van der Waals surface area contributed by atoms with Crippen LogP contribution in [0.15, 0.2) is 11.6 Å². The number of esters is 3.